The van der Waals surface area contributed by atoms with E-state index in [-0.39, 0.29) is 17.7 Å². The van der Waals surface area contributed by atoms with E-state index in [9.17, 15) is 9.59 Å². The van der Waals surface area contributed by atoms with Gasteiger partial charge in [0, 0.05) is 30.9 Å². The van der Waals surface area contributed by atoms with Gasteiger partial charge in [0.2, 0.25) is 11.8 Å². The number of amides is 2. The first kappa shape index (κ1) is 18.9. The Morgan fingerprint density at radius 3 is 2.74 bits per heavy atom. The van der Waals surface area contributed by atoms with Crippen molar-refractivity contribution in [2.24, 2.45) is 11.8 Å². The summed E-state index contributed by atoms with van der Waals surface area (Å²) in [7, 11) is 0. The van der Waals surface area contributed by atoms with Crippen molar-refractivity contribution >= 4 is 28.3 Å². The van der Waals surface area contributed by atoms with Gasteiger partial charge in [-0.3, -0.25) is 14.5 Å². The summed E-state index contributed by atoms with van der Waals surface area (Å²) in [6, 6.07) is 0.356. The van der Waals surface area contributed by atoms with E-state index in [1.54, 1.807) is 0 Å². The molecule has 0 aromatic carbocycles. The van der Waals surface area contributed by atoms with Gasteiger partial charge < -0.3 is 10.2 Å². The second-order valence-corrected chi connectivity index (χ2v) is 9.34. The number of anilines is 1. The summed E-state index contributed by atoms with van der Waals surface area (Å²) in [6.45, 7) is 5.99. The maximum absolute atomic E-state index is 12.6. The summed E-state index contributed by atoms with van der Waals surface area (Å²) in [5.74, 6) is 0.663. The molecule has 2 saturated heterocycles. The van der Waals surface area contributed by atoms with E-state index < -0.39 is 0 Å². The fraction of sp³-hybridized carbons (Fsp3) is 0.750. The normalized spacial score (nSPS) is 25.4. The van der Waals surface area contributed by atoms with Gasteiger partial charge in [0.1, 0.15) is 0 Å². The lowest BCUT2D eigenvalue weighted by Gasteiger charge is -2.29. The molecule has 1 saturated carbocycles. The van der Waals surface area contributed by atoms with Crippen molar-refractivity contribution in [2.75, 3.05) is 25.0 Å². The van der Waals surface area contributed by atoms with Gasteiger partial charge in [0.25, 0.3) is 0 Å². The molecule has 6 nitrogen and oxygen atoms in total. The molecule has 7 heteroatoms. The molecule has 0 spiro atoms. The zero-order valence-electron chi connectivity index (χ0n) is 16.2. The fourth-order valence-electron chi connectivity index (χ4n) is 4.57. The van der Waals surface area contributed by atoms with Crippen LogP contribution in [0.3, 0.4) is 0 Å². The first-order chi connectivity index (χ1) is 13.1. The van der Waals surface area contributed by atoms with Gasteiger partial charge in [0.05, 0.1) is 11.6 Å². The monoisotopic (exact) mass is 390 g/mol. The predicted molar refractivity (Wildman–Crippen MR) is 106 cm³/mol. The largest absolute Gasteiger partial charge is 0.339 e. The third-order valence-corrected chi connectivity index (χ3v) is 7.14. The Balaban J connectivity index is 1.28. The molecule has 148 valence electrons. The van der Waals surface area contributed by atoms with Gasteiger partial charge in [-0.2, -0.15) is 0 Å². The van der Waals surface area contributed by atoms with Gasteiger partial charge in [-0.05, 0) is 44.7 Å². The summed E-state index contributed by atoms with van der Waals surface area (Å²) in [5.41, 5.74) is 1.03. The minimum atomic E-state index is -0.242. The Morgan fingerprint density at radius 2 is 2.00 bits per heavy atom. The lowest BCUT2D eigenvalue weighted by Crippen LogP contribution is -2.35. The quantitative estimate of drug-likeness (QED) is 0.839. The van der Waals surface area contributed by atoms with Crippen molar-refractivity contribution in [3.8, 4) is 0 Å². The Labute approximate surface area is 165 Å². The van der Waals surface area contributed by atoms with E-state index in [4.69, 9.17) is 0 Å². The Kier molecular flexibility index (Phi) is 5.78. The molecular weight excluding hydrogens is 360 g/mol. The maximum Gasteiger partial charge on any atom is 0.231 e. The van der Waals surface area contributed by atoms with E-state index in [2.05, 4.69) is 22.1 Å². The summed E-state index contributed by atoms with van der Waals surface area (Å²) in [6.07, 6.45) is 7.41. The number of nitrogens with zero attached hydrogens (tertiary/aromatic N) is 3. The minimum Gasteiger partial charge on any atom is -0.339 e. The number of thiazole rings is 1. The standard InChI is InChI=1S/C20H30N4O2S/c1-14-6-8-23(9-7-14)12-16-13-27-20(21-16)22-19(26)15-10-18(25)24(11-15)17-4-2-3-5-17/h13-15,17H,2-12H2,1H3,(H,21,22,26). The molecule has 3 heterocycles. The van der Waals surface area contributed by atoms with Crippen LogP contribution in [-0.2, 0) is 16.1 Å². The fourth-order valence-corrected chi connectivity index (χ4v) is 5.27. The summed E-state index contributed by atoms with van der Waals surface area (Å²) < 4.78 is 0. The maximum atomic E-state index is 12.6. The SMILES string of the molecule is CC1CCN(Cc2csc(NC(=O)C3CC(=O)N(C4CCCC4)C3)n2)CC1. The van der Waals surface area contributed by atoms with Gasteiger partial charge in [-0.15, -0.1) is 11.3 Å². The first-order valence-electron chi connectivity index (χ1n) is 10.4. The number of rotatable bonds is 5. The van der Waals surface area contributed by atoms with Crippen LogP contribution in [0.15, 0.2) is 5.38 Å². The highest BCUT2D eigenvalue weighted by atomic mass is 32.1. The van der Waals surface area contributed by atoms with Crippen LogP contribution >= 0.6 is 11.3 Å². The zero-order chi connectivity index (χ0) is 18.8. The topological polar surface area (TPSA) is 65.5 Å². The molecule has 3 aliphatic rings. The van der Waals surface area contributed by atoms with Crippen molar-refractivity contribution in [1.82, 2.24) is 14.8 Å². The van der Waals surface area contributed by atoms with Crippen molar-refractivity contribution in [1.29, 1.82) is 0 Å². The summed E-state index contributed by atoms with van der Waals surface area (Å²) in [4.78, 5) is 33.9. The molecule has 0 bridgehead atoms. The van der Waals surface area contributed by atoms with Crippen molar-refractivity contribution in [2.45, 2.75) is 64.5 Å². The molecule has 3 fully saturated rings. The average molecular weight is 391 g/mol. The molecule has 4 rings (SSSR count). The molecule has 1 N–H and O–H groups in total. The highest BCUT2D eigenvalue weighted by Crippen LogP contribution is 2.30. The number of piperidine rings is 1. The number of nitrogens with one attached hydrogen (secondary N) is 1. The lowest BCUT2D eigenvalue weighted by molar-refractivity contribution is -0.129. The molecule has 1 aromatic heterocycles. The summed E-state index contributed by atoms with van der Waals surface area (Å²) >= 11 is 1.48. The van der Waals surface area contributed by atoms with Crippen LogP contribution in [-0.4, -0.2) is 52.3 Å². The molecule has 2 aliphatic heterocycles. The molecule has 1 aromatic rings. The predicted octanol–water partition coefficient (Wildman–Crippen LogP) is 3.10. The number of carbonyl (C=O) groups excluding carboxylic acids is 2. The van der Waals surface area contributed by atoms with Crippen molar-refractivity contribution in [3.63, 3.8) is 0 Å². The van der Waals surface area contributed by atoms with Crippen LogP contribution in [0.5, 0.6) is 0 Å². The lowest BCUT2D eigenvalue weighted by atomic mass is 9.99. The highest BCUT2D eigenvalue weighted by Gasteiger charge is 2.38. The highest BCUT2D eigenvalue weighted by molar-refractivity contribution is 7.13. The number of aromatic nitrogens is 1. The molecular formula is C20H30N4O2S. The Hall–Kier alpha value is -1.47. The molecule has 2 amide bonds. The van der Waals surface area contributed by atoms with Gasteiger partial charge in [0.15, 0.2) is 5.13 Å². The first-order valence-corrected chi connectivity index (χ1v) is 11.2. The minimum absolute atomic E-state index is 0.0588. The second-order valence-electron chi connectivity index (χ2n) is 8.48. The number of likely N-dealkylation sites (tertiary alicyclic amines) is 2. The Morgan fingerprint density at radius 1 is 1.26 bits per heavy atom. The van der Waals surface area contributed by atoms with Crippen molar-refractivity contribution < 1.29 is 9.59 Å². The molecule has 1 atom stereocenters. The molecule has 1 unspecified atom stereocenters. The van der Waals surface area contributed by atoms with E-state index in [1.165, 1.54) is 37.0 Å². The number of hydrogen-bond acceptors (Lipinski definition) is 5. The smallest absolute Gasteiger partial charge is 0.231 e. The van der Waals surface area contributed by atoms with Crippen LogP contribution < -0.4 is 5.32 Å². The number of carbonyl (C=O) groups is 2. The average Bonchev–Trinajstić information content (AvgIpc) is 3.38. The third kappa shape index (κ3) is 4.51. The summed E-state index contributed by atoms with van der Waals surface area (Å²) in [5, 5.41) is 5.65. The number of hydrogen-bond donors (Lipinski definition) is 1. The zero-order valence-corrected chi connectivity index (χ0v) is 17.0. The van der Waals surface area contributed by atoms with Crippen molar-refractivity contribution in [3.05, 3.63) is 11.1 Å². The molecule has 27 heavy (non-hydrogen) atoms. The van der Waals surface area contributed by atoms with Gasteiger partial charge in [-0.1, -0.05) is 19.8 Å². The Bertz CT molecular complexity index is 677. The van der Waals surface area contributed by atoms with Crippen LogP contribution in [0.25, 0.3) is 0 Å². The van der Waals surface area contributed by atoms with Crippen LogP contribution in [0.2, 0.25) is 0 Å². The van der Waals surface area contributed by atoms with E-state index in [1.807, 2.05) is 10.3 Å². The third-order valence-electron chi connectivity index (χ3n) is 6.34. The molecule has 1 aliphatic carbocycles. The van der Waals surface area contributed by atoms with E-state index >= 15 is 0 Å². The van der Waals surface area contributed by atoms with Crippen LogP contribution in [0.4, 0.5) is 5.13 Å². The van der Waals surface area contributed by atoms with Gasteiger partial charge >= 0.3 is 0 Å². The second kappa shape index (κ2) is 8.27. The van der Waals surface area contributed by atoms with E-state index in [0.29, 0.717) is 24.1 Å². The van der Waals surface area contributed by atoms with Gasteiger partial charge in [-0.25, -0.2) is 4.98 Å². The van der Waals surface area contributed by atoms with E-state index in [0.717, 1.165) is 44.1 Å². The van der Waals surface area contributed by atoms with Crippen LogP contribution in [0, 0.1) is 11.8 Å². The van der Waals surface area contributed by atoms with Crippen LogP contribution in [0.1, 0.15) is 57.6 Å². The molecule has 0 radical (unpaired) electrons.